The average Bonchev–Trinajstić information content (AvgIpc) is 2.57. The maximum Gasteiger partial charge on any atom is 0.321 e. The van der Waals surface area contributed by atoms with Crippen LogP contribution >= 0.6 is 11.8 Å². The molecule has 24 heavy (non-hydrogen) atoms. The van der Waals surface area contributed by atoms with Gasteiger partial charge in [0.25, 0.3) is 0 Å². The smallest absolute Gasteiger partial charge is 0.321 e. The van der Waals surface area contributed by atoms with Gasteiger partial charge >= 0.3 is 6.03 Å². The lowest BCUT2D eigenvalue weighted by atomic mass is 10.2. The van der Waals surface area contributed by atoms with Gasteiger partial charge in [0.15, 0.2) is 0 Å². The van der Waals surface area contributed by atoms with Gasteiger partial charge in [0.1, 0.15) is 0 Å². The van der Waals surface area contributed by atoms with Gasteiger partial charge in [-0.3, -0.25) is 10.1 Å². The maximum atomic E-state index is 12.2. The van der Waals surface area contributed by atoms with Crippen molar-refractivity contribution in [3.05, 3.63) is 65.2 Å². The van der Waals surface area contributed by atoms with E-state index >= 15 is 0 Å². The molecule has 0 aliphatic heterocycles. The third-order valence-corrected chi connectivity index (χ3v) is 4.81. The zero-order valence-corrected chi connectivity index (χ0v) is 14.9. The van der Waals surface area contributed by atoms with Crippen LogP contribution in [-0.2, 0) is 11.3 Å². The van der Waals surface area contributed by atoms with Crippen molar-refractivity contribution in [2.45, 2.75) is 37.5 Å². The molecule has 0 radical (unpaired) electrons. The Morgan fingerprint density at radius 2 is 1.79 bits per heavy atom. The molecule has 0 saturated carbocycles. The highest BCUT2D eigenvalue weighted by Crippen LogP contribution is 2.27. The topological polar surface area (TPSA) is 58.2 Å². The third kappa shape index (κ3) is 5.42. The summed E-state index contributed by atoms with van der Waals surface area (Å²) in [6.07, 6.45) is 0. The number of amides is 3. The fourth-order valence-corrected chi connectivity index (χ4v) is 3.17. The first-order valence-corrected chi connectivity index (χ1v) is 8.70. The van der Waals surface area contributed by atoms with Crippen LogP contribution in [0.4, 0.5) is 4.79 Å². The molecule has 4 nitrogen and oxygen atoms in total. The minimum atomic E-state index is -0.475. The molecule has 126 valence electrons. The zero-order chi connectivity index (χ0) is 17.5. The summed E-state index contributed by atoms with van der Waals surface area (Å²) < 4.78 is 0. The first kappa shape index (κ1) is 18.1. The van der Waals surface area contributed by atoms with E-state index < -0.39 is 6.03 Å². The SMILES string of the molecule is Cc1ccc(C)c(S[C@H](C)C(=O)NC(=O)NCc2ccccc2)c1. The van der Waals surface area contributed by atoms with Crippen LogP contribution in [0.25, 0.3) is 0 Å². The van der Waals surface area contributed by atoms with Crippen LogP contribution in [0.5, 0.6) is 0 Å². The van der Waals surface area contributed by atoms with Crippen molar-refractivity contribution in [1.82, 2.24) is 10.6 Å². The molecule has 0 saturated heterocycles. The monoisotopic (exact) mass is 342 g/mol. The van der Waals surface area contributed by atoms with Crippen molar-refractivity contribution in [2.75, 3.05) is 0 Å². The van der Waals surface area contributed by atoms with Crippen molar-refractivity contribution in [3.8, 4) is 0 Å². The number of hydrogen-bond donors (Lipinski definition) is 2. The highest BCUT2D eigenvalue weighted by molar-refractivity contribution is 8.00. The average molecular weight is 342 g/mol. The number of thioether (sulfide) groups is 1. The maximum absolute atomic E-state index is 12.2. The van der Waals surface area contributed by atoms with Gasteiger partial charge < -0.3 is 5.32 Å². The van der Waals surface area contributed by atoms with Crippen LogP contribution in [0, 0.1) is 13.8 Å². The lowest BCUT2D eigenvalue weighted by Gasteiger charge is -2.14. The summed E-state index contributed by atoms with van der Waals surface area (Å²) in [7, 11) is 0. The van der Waals surface area contributed by atoms with Crippen molar-refractivity contribution >= 4 is 23.7 Å². The van der Waals surface area contributed by atoms with Crippen LogP contribution in [-0.4, -0.2) is 17.2 Å². The Kier molecular flexibility index (Phi) is 6.44. The molecule has 2 rings (SSSR count). The zero-order valence-electron chi connectivity index (χ0n) is 14.1. The molecule has 5 heteroatoms. The van der Waals surface area contributed by atoms with Crippen molar-refractivity contribution in [1.29, 1.82) is 0 Å². The molecular weight excluding hydrogens is 320 g/mol. The highest BCUT2D eigenvalue weighted by atomic mass is 32.2. The van der Waals surface area contributed by atoms with Gasteiger partial charge in [-0.1, -0.05) is 48.0 Å². The minimum Gasteiger partial charge on any atom is -0.334 e. The second kappa shape index (κ2) is 8.55. The fraction of sp³-hybridized carbons (Fsp3) is 0.263. The van der Waals surface area contributed by atoms with Gasteiger partial charge in [-0.25, -0.2) is 4.79 Å². The Morgan fingerprint density at radius 1 is 1.08 bits per heavy atom. The standard InChI is InChI=1S/C19H22N2O2S/c1-13-9-10-14(2)17(11-13)24-15(3)18(22)21-19(23)20-12-16-7-5-4-6-8-16/h4-11,15H,12H2,1-3H3,(H2,20,21,22,23)/t15-/m1/s1. The third-order valence-electron chi connectivity index (χ3n) is 3.55. The molecule has 1 atom stereocenters. The molecule has 0 aromatic heterocycles. The first-order chi connectivity index (χ1) is 11.5. The lowest BCUT2D eigenvalue weighted by Crippen LogP contribution is -2.42. The quantitative estimate of drug-likeness (QED) is 0.812. The minimum absolute atomic E-state index is 0.300. The highest BCUT2D eigenvalue weighted by Gasteiger charge is 2.17. The molecule has 0 spiro atoms. The number of aryl methyl sites for hydroxylation is 2. The van der Waals surface area contributed by atoms with E-state index in [1.54, 1.807) is 6.92 Å². The molecule has 0 heterocycles. The molecule has 0 unspecified atom stereocenters. The van der Waals surface area contributed by atoms with Gasteiger partial charge in [-0.2, -0.15) is 0 Å². The van der Waals surface area contributed by atoms with Crippen LogP contribution in [0.2, 0.25) is 0 Å². The normalized spacial score (nSPS) is 11.6. The number of hydrogen-bond acceptors (Lipinski definition) is 3. The number of benzene rings is 2. The van der Waals surface area contributed by atoms with Gasteiger partial charge in [-0.05, 0) is 38.0 Å². The first-order valence-electron chi connectivity index (χ1n) is 7.82. The van der Waals surface area contributed by atoms with E-state index in [1.165, 1.54) is 11.8 Å². The van der Waals surface area contributed by atoms with Gasteiger partial charge in [-0.15, -0.1) is 11.8 Å². The Hall–Kier alpha value is -2.27. The predicted octanol–water partition coefficient (Wildman–Crippen LogP) is 3.81. The van der Waals surface area contributed by atoms with E-state index in [0.29, 0.717) is 6.54 Å². The molecular formula is C19H22N2O2S. The van der Waals surface area contributed by atoms with E-state index in [2.05, 4.69) is 16.7 Å². The van der Waals surface area contributed by atoms with E-state index in [0.717, 1.165) is 21.6 Å². The molecule has 3 amide bonds. The Bertz CT molecular complexity index is 717. The summed E-state index contributed by atoms with van der Waals surface area (Å²) >= 11 is 1.46. The van der Waals surface area contributed by atoms with Crippen molar-refractivity contribution in [2.24, 2.45) is 0 Å². The Labute approximate surface area is 147 Å². The number of carbonyl (C=O) groups excluding carboxylic acids is 2. The molecule has 2 N–H and O–H groups in total. The van der Waals surface area contributed by atoms with Crippen LogP contribution < -0.4 is 10.6 Å². The molecule has 0 aliphatic rings. The van der Waals surface area contributed by atoms with Crippen LogP contribution in [0.15, 0.2) is 53.4 Å². The van der Waals surface area contributed by atoms with Gasteiger partial charge in [0.2, 0.25) is 5.91 Å². The number of carbonyl (C=O) groups is 2. The Balaban J connectivity index is 1.84. The van der Waals surface area contributed by atoms with E-state index in [9.17, 15) is 9.59 Å². The Morgan fingerprint density at radius 3 is 2.50 bits per heavy atom. The summed E-state index contributed by atoms with van der Waals surface area (Å²) in [6.45, 7) is 6.22. The second-order valence-electron chi connectivity index (χ2n) is 5.69. The van der Waals surface area contributed by atoms with E-state index in [-0.39, 0.29) is 11.2 Å². The van der Waals surface area contributed by atoms with E-state index in [4.69, 9.17) is 0 Å². The summed E-state index contributed by atoms with van der Waals surface area (Å²) in [5.74, 6) is -0.300. The lowest BCUT2D eigenvalue weighted by molar-refractivity contribution is -0.119. The number of imide groups is 1. The summed E-state index contributed by atoms with van der Waals surface area (Å²) in [5.41, 5.74) is 3.26. The molecule has 0 bridgehead atoms. The second-order valence-corrected chi connectivity index (χ2v) is 7.07. The number of rotatable bonds is 5. The number of nitrogens with one attached hydrogen (secondary N) is 2. The van der Waals surface area contributed by atoms with Crippen molar-refractivity contribution in [3.63, 3.8) is 0 Å². The fourth-order valence-electron chi connectivity index (χ4n) is 2.11. The van der Waals surface area contributed by atoms with E-state index in [1.807, 2.05) is 56.3 Å². The van der Waals surface area contributed by atoms with Crippen LogP contribution in [0.3, 0.4) is 0 Å². The summed E-state index contributed by atoms with van der Waals surface area (Å²) in [4.78, 5) is 25.1. The summed E-state index contributed by atoms with van der Waals surface area (Å²) in [5, 5.41) is 4.73. The predicted molar refractivity (Wildman–Crippen MR) is 98.1 cm³/mol. The van der Waals surface area contributed by atoms with Crippen molar-refractivity contribution < 1.29 is 9.59 Å². The van der Waals surface area contributed by atoms with Gasteiger partial charge in [0, 0.05) is 11.4 Å². The number of urea groups is 1. The molecule has 0 aliphatic carbocycles. The van der Waals surface area contributed by atoms with Gasteiger partial charge in [0.05, 0.1) is 5.25 Å². The van der Waals surface area contributed by atoms with Crippen LogP contribution in [0.1, 0.15) is 23.6 Å². The molecule has 2 aromatic rings. The summed E-state index contributed by atoms with van der Waals surface area (Å²) in [6, 6.07) is 15.2. The molecule has 2 aromatic carbocycles. The molecule has 0 fully saturated rings. The largest absolute Gasteiger partial charge is 0.334 e.